The van der Waals surface area contributed by atoms with Crippen LogP contribution in [-0.4, -0.2) is 5.78 Å². The van der Waals surface area contributed by atoms with E-state index in [2.05, 4.69) is 29.6 Å². The van der Waals surface area contributed by atoms with E-state index < -0.39 is 0 Å². The van der Waals surface area contributed by atoms with Gasteiger partial charge in [-0.2, -0.15) is 0 Å². The number of para-hydroxylation sites is 1. The topological polar surface area (TPSA) is 29.1 Å². The van der Waals surface area contributed by atoms with Gasteiger partial charge < -0.3 is 5.32 Å². The van der Waals surface area contributed by atoms with E-state index >= 15 is 0 Å². The molecule has 0 saturated carbocycles. The Morgan fingerprint density at radius 3 is 2.19 bits per heavy atom. The van der Waals surface area contributed by atoms with Crippen LogP contribution in [0.15, 0.2) is 95.5 Å². The van der Waals surface area contributed by atoms with Crippen molar-refractivity contribution in [3.05, 3.63) is 112 Å². The fourth-order valence-corrected chi connectivity index (χ4v) is 4.54. The highest BCUT2D eigenvalue weighted by molar-refractivity contribution is 8.03. The van der Waals surface area contributed by atoms with Crippen LogP contribution >= 0.6 is 11.8 Å². The number of Topliss-reactive ketones (excluding diaryl/α,β-unsaturated/α-hetero) is 1. The number of benzene rings is 3. The molecule has 1 unspecified atom stereocenters. The van der Waals surface area contributed by atoms with E-state index in [9.17, 15) is 4.79 Å². The SMILES string of the molecule is Cc1ccc(C(=O)C2=C(Nc3ccccc3)SC(c3ccccc3)C2)cc1. The lowest BCUT2D eigenvalue weighted by atomic mass is 9.97. The fourth-order valence-electron chi connectivity index (χ4n) is 3.22. The van der Waals surface area contributed by atoms with Gasteiger partial charge in [0.05, 0.1) is 5.03 Å². The molecule has 2 nitrogen and oxygen atoms in total. The Hall–Kier alpha value is -2.78. The van der Waals surface area contributed by atoms with Crippen LogP contribution in [0, 0.1) is 6.92 Å². The summed E-state index contributed by atoms with van der Waals surface area (Å²) in [5.74, 6) is 0.111. The summed E-state index contributed by atoms with van der Waals surface area (Å²) in [5, 5.41) is 4.69. The lowest BCUT2D eigenvalue weighted by Gasteiger charge is -2.11. The van der Waals surface area contributed by atoms with Gasteiger partial charge in [0.25, 0.3) is 0 Å². The molecule has 3 aromatic rings. The number of carbonyl (C=O) groups is 1. The molecule has 4 rings (SSSR count). The van der Waals surface area contributed by atoms with E-state index in [-0.39, 0.29) is 11.0 Å². The van der Waals surface area contributed by atoms with Gasteiger partial charge in [-0.15, -0.1) is 0 Å². The van der Waals surface area contributed by atoms with Crippen LogP contribution in [0.5, 0.6) is 0 Å². The number of rotatable bonds is 5. The molecule has 1 heterocycles. The Balaban J connectivity index is 1.66. The highest BCUT2D eigenvalue weighted by Crippen LogP contribution is 2.48. The molecule has 27 heavy (non-hydrogen) atoms. The Labute approximate surface area is 164 Å². The van der Waals surface area contributed by atoms with E-state index in [0.29, 0.717) is 0 Å². The molecule has 0 aromatic heterocycles. The number of hydrogen-bond acceptors (Lipinski definition) is 3. The molecule has 1 N–H and O–H groups in total. The van der Waals surface area contributed by atoms with Gasteiger partial charge in [-0.05, 0) is 31.0 Å². The van der Waals surface area contributed by atoms with Crippen molar-refractivity contribution in [2.24, 2.45) is 0 Å². The molecule has 1 aliphatic heterocycles. The molecule has 134 valence electrons. The normalized spacial score (nSPS) is 16.4. The van der Waals surface area contributed by atoms with Gasteiger partial charge in [0.15, 0.2) is 5.78 Å². The van der Waals surface area contributed by atoms with Gasteiger partial charge in [0, 0.05) is 22.1 Å². The van der Waals surface area contributed by atoms with Crippen molar-refractivity contribution in [1.82, 2.24) is 0 Å². The summed E-state index contributed by atoms with van der Waals surface area (Å²) in [4.78, 5) is 13.2. The molecule has 1 atom stereocenters. The lowest BCUT2D eigenvalue weighted by Crippen LogP contribution is -2.07. The Bertz CT molecular complexity index is 962. The fraction of sp³-hybridized carbons (Fsp3) is 0.125. The predicted octanol–water partition coefficient (Wildman–Crippen LogP) is 6.38. The lowest BCUT2D eigenvalue weighted by molar-refractivity contribution is 0.103. The van der Waals surface area contributed by atoms with Crippen LogP contribution < -0.4 is 5.32 Å². The van der Waals surface area contributed by atoms with Crippen molar-refractivity contribution in [2.45, 2.75) is 18.6 Å². The zero-order valence-electron chi connectivity index (χ0n) is 15.2. The molecule has 1 aliphatic rings. The largest absolute Gasteiger partial charge is 0.350 e. The maximum atomic E-state index is 13.2. The molecular formula is C24H21NOS. The Kier molecular flexibility index (Phi) is 5.12. The molecular weight excluding hydrogens is 350 g/mol. The first-order chi connectivity index (χ1) is 13.2. The molecule has 0 bridgehead atoms. The standard InChI is InChI=1S/C24H21NOS/c1-17-12-14-19(15-13-17)23(26)21-16-22(18-8-4-2-5-9-18)27-24(21)25-20-10-6-3-7-11-20/h2-15,22,25H,16H2,1H3. The van der Waals surface area contributed by atoms with Gasteiger partial charge in [0.2, 0.25) is 0 Å². The van der Waals surface area contributed by atoms with Crippen LogP contribution in [-0.2, 0) is 0 Å². The minimum atomic E-state index is 0.111. The highest BCUT2D eigenvalue weighted by Gasteiger charge is 2.31. The van der Waals surface area contributed by atoms with Crippen molar-refractivity contribution < 1.29 is 4.79 Å². The second kappa shape index (κ2) is 7.85. The molecule has 0 amide bonds. The van der Waals surface area contributed by atoms with E-state index in [0.717, 1.165) is 33.8 Å². The summed E-state index contributed by atoms with van der Waals surface area (Å²) >= 11 is 1.74. The van der Waals surface area contributed by atoms with Crippen molar-refractivity contribution >= 4 is 23.2 Å². The third-order valence-corrected chi connectivity index (χ3v) is 6.02. The minimum Gasteiger partial charge on any atom is -0.350 e. The zero-order chi connectivity index (χ0) is 18.6. The highest BCUT2D eigenvalue weighted by atomic mass is 32.2. The molecule has 3 heteroatoms. The first-order valence-corrected chi connectivity index (χ1v) is 9.97. The minimum absolute atomic E-state index is 0.111. The maximum Gasteiger partial charge on any atom is 0.191 e. The summed E-state index contributed by atoms with van der Waals surface area (Å²) in [6.45, 7) is 2.03. The summed E-state index contributed by atoms with van der Waals surface area (Å²) in [6, 6.07) is 28.3. The van der Waals surface area contributed by atoms with Crippen molar-refractivity contribution in [3.63, 3.8) is 0 Å². The van der Waals surface area contributed by atoms with Gasteiger partial charge in [-0.3, -0.25) is 4.79 Å². The van der Waals surface area contributed by atoms with Crippen molar-refractivity contribution in [3.8, 4) is 0 Å². The van der Waals surface area contributed by atoms with Crippen LogP contribution in [0.3, 0.4) is 0 Å². The van der Waals surface area contributed by atoms with Gasteiger partial charge in [-0.25, -0.2) is 0 Å². The molecule has 3 aromatic carbocycles. The van der Waals surface area contributed by atoms with Crippen molar-refractivity contribution in [1.29, 1.82) is 0 Å². The quantitative estimate of drug-likeness (QED) is 0.528. The Morgan fingerprint density at radius 2 is 1.52 bits per heavy atom. The van der Waals surface area contributed by atoms with E-state index in [1.807, 2.05) is 67.6 Å². The first-order valence-electron chi connectivity index (χ1n) is 9.09. The zero-order valence-corrected chi connectivity index (χ0v) is 16.0. The monoisotopic (exact) mass is 371 g/mol. The van der Waals surface area contributed by atoms with E-state index in [1.54, 1.807) is 11.8 Å². The number of aryl methyl sites for hydroxylation is 1. The molecule has 0 radical (unpaired) electrons. The number of thioether (sulfide) groups is 1. The average molecular weight is 372 g/mol. The number of ketones is 1. The average Bonchev–Trinajstić information content (AvgIpc) is 3.13. The maximum absolute atomic E-state index is 13.2. The molecule has 0 spiro atoms. The second-order valence-corrected chi connectivity index (χ2v) is 7.93. The molecule has 0 saturated heterocycles. The van der Waals surface area contributed by atoms with Gasteiger partial charge >= 0.3 is 0 Å². The van der Waals surface area contributed by atoms with Crippen LogP contribution in [0.2, 0.25) is 0 Å². The third kappa shape index (κ3) is 3.99. The number of carbonyl (C=O) groups excluding carboxylic acids is 1. The number of hydrogen-bond donors (Lipinski definition) is 1. The van der Waals surface area contributed by atoms with Gasteiger partial charge in [-0.1, -0.05) is 90.1 Å². The number of allylic oxidation sites excluding steroid dienone is 1. The van der Waals surface area contributed by atoms with E-state index in [1.165, 1.54) is 5.56 Å². The summed E-state index contributed by atoms with van der Waals surface area (Å²) in [6.07, 6.45) is 0.733. The smallest absolute Gasteiger partial charge is 0.191 e. The van der Waals surface area contributed by atoms with Gasteiger partial charge in [0.1, 0.15) is 0 Å². The summed E-state index contributed by atoms with van der Waals surface area (Å²) in [7, 11) is 0. The summed E-state index contributed by atoms with van der Waals surface area (Å²) in [5.41, 5.74) is 5.02. The second-order valence-electron chi connectivity index (χ2n) is 6.72. The van der Waals surface area contributed by atoms with E-state index in [4.69, 9.17) is 0 Å². The van der Waals surface area contributed by atoms with Crippen LogP contribution in [0.4, 0.5) is 5.69 Å². The predicted molar refractivity (Wildman–Crippen MR) is 114 cm³/mol. The number of anilines is 1. The first kappa shape index (κ1) is 17.6. The van der Waals surface area contributed by atoms with Crippen LogP contribution in [0.25, 0.3) is 0 Å². The number of nitrogens with one attached hydrogen (secondary N) is 1. The Morgan fingerprint density at radius 1 is 0.889 bits per heavy atom. The molecule has 0 fully saturated rings. The third-order valence-electron chi connectivity index (χ3n) is 4.71. The van der Waals surface area contributed by atoms with Crippen molar-refractivity contribution in [2.75, 3.05) is 5.32 Å². The summed E-state index contributed by atoms with van der Waals surface area (Å²) < 4.78 is 0. The van der Waals surface area contributed by atoms with Crippen LogP contribution in [0.1, 0.15) is 33.2 Å². The molecule has 0 aliphatic carbocycles.